The summed E-state index contributed by atoms with van der Waals surface area (Å²) in [5.41, 5.74) is 6.55. The van der Waals surface area contributed by atoms with Gasteiger partial charge in [-0.3, -0.25) is 10.1 Å². The number of azide groups is 1. The summed E-state index contributed by atoms with van der Waals surface area (Å²) in [6.07, 6.45) is 0. The van der Waals surface area contributed by atoms with E-state index in [-0.39, 0.29) is 0 Å². The van der Waals surface area contributed by atoms with Crippen LogP contribution in [0.1, 0.15) is 5.56 Å². The first-order valence-corrected chi connectivity index (χ1v) is 3.53. The van der Waals surface area contributed by atoms with Crippen molar-refractivity contribution < 1.29 is 9.31 Å². The van der Waals surface area contributed by atoms with Crippen LogP contribution in [0.15, 0.2) is 17.2 Å². The van der Waals surface area contributed by atoms with E-state index in [0.717, 1.165) is 6.07 Å². The number of nitro benzene ring substituents is 1. The summed E-state index contributed by atoms with van der Waals surface area (Å²) in [6, 6.07) is 2.82. The van der Waals surface area contributed by atoms with Gasteiger partial charge in [0.15, 0.2) is 0 Å². The Balaban J connectivity index is 3.53. The van der Waals surface area contributed by atoms with Gasteiger partial charge in [-0.15, -0.1) is 0 Å². The Morgan fingerprint density at radius 2 is 2.33 bits per heavy atom. The van der Waals surface area contributed by atoms with E-state index in [9.17, 15) is 14.5 Å². The molecule has 0 heterocycles. The van der Waals surface area contributed by atoms with E-state index in [1.54, 1.807) is 0 Å². The van der Waals surface area contributed by atoms with E-state index < -0.39 is 27.7 Å². The van der Waals surface area contributed by atoms with Crippen molar-refractivity contribution in [2.24, 2.45) is 5.11 Å². The summed E-state index contributed by atoms with van der Waals surface area (Å²) < 4.78 is 13.0. The molecular formula is C7H2FN5O2. The second kappa shape index (κ2) is 4.04. The Kier molecular flexibility index (Phi) is 2.81. The highest BCUT2D eigenvalue weighted by Gasteiger charge is 2.17. The molecule has 0 unspecified atom stereocenters. The molecule has 0 N–H and O–H groups in total. The zero-order valence-corrected chi connectivity index (χ0v) is 7.09. The third kappa shape index (κ3) is 1.99. The van der Waals surface area contributed by atoms with Gasteiger partial charge in [0, 0.05) is 11.0 Å². The Bertz CT molecular complexity index is 515. The fourth-order valence-electron chi connectivity index (χ4n) is 0.912. The van der Waals surface area contributed by atoms with E-state index in [1.165, 1.54) is 6.07 Å². The predicted molar refractivity (Wildman–Crippen MR) is 46.6 cm³/mol. The van der Waals surface area contributed by atoms with Crippen molar-refractivity contribution in [1.82, 2.24) is 0 Å². The average Bonchev–Trinajstić information content (AvgIpc) is 2.18. The van der Waals surface area contributed by atoms with Crippen LogP contribution in [0.25, 0.3) is 10.4 Å². The summed E-state index contributed by atoms with van der Waals surface area (Å²) in [6.45, 7) is 0. The maximum absolute atomic E-state index is 13.0. The lowest BCUT2D eigenvalue weighted by atomic mass is 10.2. The van der Waals surface area contributed by atoms with Crippen LogP contribution in [0.4, 0.5) is 15.8 Å². The van der Waals surface area contributed by atoms with Crippen LogP contribution in [-0.2, 0) is 0 Å². The van der Waals surface area contributed by atoms with Gasteiger partial charge in [-0.25, -0.2) is 4.39 Å². The molecule has 8 heteroatoms. The molecule has 0 fully saturated rings. The van der Waals surface area contributed by atoms with Crippen LogP contribution in [0.2, 0.25) is 0 Å². The molecule has 7 nitrogen and oxygen atoms in total. The van der Waals surface area contributed by atoms with E-state index in [2.05, 4.69) is 10.0 Å². The average molecular weight is 207 g/mol. The van der Waals surface area contributed by atoms with Crippen molar-refractivity contribution in [1.29, 1.82) is 5.26 Å². The van der Waals surface area contributed by atoms with Crippen molar-refractivity contribution >= 4 is 11.4 Å². The lowest BCUT2D eigenvalue weighted by Crippen LogP contribution is -1.92. The monoisotopic (exact) mass is 207 g/mol. The normalized spacial score (nSPS) is 8.80. The fraction of sp³-hybridized carbons (Fsp3) is 0. The highest BCUT2D eigenvalue weighted by Crippen LogP contribution is 2.30. The largest absolute Gasteiger partial charge is 0.280 e. The third-order valence-electron chi connectivity index (χ3n) is 1.53. The minimum absolute atomic E-state index is 0.459. The van der Waals surface area contributed by atoms with Gasteiger partial charge in [-0.2, -0.15) is 5.26 Å². The quantitative estimate of drug-likeness (QED) is 0.244. The first-order chi connectivity index (χ1) is 7.10. The molecular weight excluding hydrogens is 205 g/mol. The second-order valence-corrected chi connectivity index (χ2v) is 2.38. The Morgan fingerprint density at radius 1 is 1.67 bits per heavy atom. The van der Waals surface area contributed by atoms with Crippen LogP contribution in [0, 0.1) is 27.3 Å². The lowest BCUT2D eigenvalue weighted by Gasteiger charge is -1.97. The molecule has 0 aliphatic rings. The minimum Gasteiger partial charge on any atom is -0.258 e. The van der Waals surface area contributed by atoms with E-state index in [1.807, 2.05) is 0 Å². The lowest BCUT2D eigenvalue weighted by molar-refractivity contribution is -0.384. The molecule has 15 heavy (non-hydrogen) atoms. The first kappa shape index (κ1) is 10.4. The summed E-state index contributed by atoms with van der Waals surface area (Å²) in [4.78, 5) is 11.9. The van der Waals surface area contributed by atoms with Crippen LogP contribution < -0.4 is 0 Å². The van der Waals surface area contributed by atoms with E-state index >= 15 is 0 Å². The van der Waals surface area contributed by atoms with Gasteiger partial charge in [0.1, 0.15) is 17.6 Å². The molecule has 0 radical (unpaired) electrons. The number of hydrogen-bond donors (Lipinski definition) is 0. The molecule has 1 aromatic rings. The highest BCUT2D eigenvalue weighted by atomic mass is 19.1. The van der Waals surface area contributed by atoms with Crippen LogP contribution >= 0.6 is 0 Å². The molecule has 1 rings (SSSR count). The van der Waals surface area contributed by atoms with Crippen LogP contribution in [-0.4, -0.2) is 4.92 Å². The molecule has 0 aliphatic carbocycles. The molecule has 0 bridgehead atoms. The maximum Gasteiger partial charge on any atom is 0.280 e. The molecule has 0 aliphatic heterocycles. The molecule has 0 amide bonds. The highest BCUT2D eigenvalue weighted by molar-refractivity contribution is 5.60. The predicted octanol–water partition coefficient (Wildman–Crippen LogP) is 2.55. The van der Waals surface area contributed by atoms with Crippen molar-refractivity contribution in [2.45, 2.75) is 0 Å². The standard InChI is InChI=1S/C7H2FN5O2/c8-5-2-6(11-12-10)7(13(14)15)1-4(5)3-9/h1-2H. The Labute approximate surface area is 82.1 Å². The summed E-state index contributed by atoms with van der Waals surface area (Å²) >= 11 is 0. The molecule has 0 saturated carbocycles. The van der Waals surface area contributed by atoms with Gasteiger partial charge in [-0.05, 0) is 11.6 Å². The smallest absolute Gasteiger partial charge is 0.258 e. The number of nitrogens with zero attached hydrogens (tertiary/aromatic N) is 5. The minimum atomic E-state index is -0.967. The van der Waals surface area contributed by atoms with E-state index in [0.29, 0.717) is 6.07 Å². The second-order valence-electron chi connectivity index (χ2n) is 2.38. The molecule has 1 aromatic carbocycles. The van der Waals surface area contributed by atoms with Crippen LogP contribution in [0.5, 0.6) is 0 Å². The first-order valence-electron chi connectivity index (χ1n) is 3.53. The summed E-state index contributed by atoms with van der Waals surface area (Å²) in [7, 11) is 0. The SMILES string of the molecule is N#Cc1cc([N+](=O)[O-])c(N=[N+]=[N-])cc1F. The van der Waals surface area contributed by atoms with Crippen molar-refractivity contribution in [3.05, 3.63) is 44.1 Å². The number of halogens is 1. The van der Waals surface area contributed by atoms with Gasteiger partial charge >= 0.3 is 0 Å². The topological polar surface area (TPSA) is 116 Å². The summed E-state index contributed by atoms with van der Waals surface area (Å²) in [5.74, 6) is -0.967. The summed E-state index contributed by atoms with van der Waals surface area (Å²) in [5, 5.41) is 21.8. The van der Waals surface area contributed by atoms with Gasteiger partial charge in [-0.1, -0.05) is 5.11 Å². The van der Waals surface area contributed by atoms with Gasteiger partial charge in [0.05, 0.1) is 10.5 Å². The fourth-order valence-corrected chi connectivity index (χ4v) is 0.912. The number of benzene rings is 1. The molecule has 0 saturated heterocycles. The number of nitriles is 1. The zero-order chi connectivity index (χ0) is 11.4. The van der Waals surface area contributed by atoms with E-state index in [4.69, 9.17) is 10.8 Å². The van der Waals surface area contributed by atoms with Crippen molar-refractivity contribution in [3.8, 4) is 6.07 Å². The van der Waals surface area contributed by atoms with Gasteiger partial charge in [0.2, 0.25) is 0 Å². The number of rotatable bonds is 2. The van der Waals surface area contributed by atoms with Gasteiger partial charge < -0.3 is 0 Å². The van der Waals surface area contributed by atoms with Crippen LogP contribution in [0.3, 0.4) is 0 Å². The Hall–Kier alpha value is -2.65. The number of nitro groups is 1. The maximum atomic E-state index is 13.0. The number of hydrogen-bond acceptors (Lipinski definition) is 4. The van der Waals surface area contributed by atoms with Crippen molar-refractivity contribution in [3.63, 3.8) is 0 Å². The molecule has 74 valence electrons. The van der Waals surface area contributed by atoms with Crippen molar-refractivity contribution in [2.75, 3.05) is 0 Å². The zero-order valence-electron chi connectivity index (χ0n) is 7.09. The molecule has 0 spiro atoms. The molecule has 0 aromatic heterocycles. The Morgan fingerprint density at radius 3 is 2.80 bits per heavy atom. The van der Waals surface area contributed by atoms with Gasteiger partial charge in [0.25, 0.3) is 5.69 Å². The third-order valence-corrected chi connectivity index (χ3v) is 1.53. The molecule has 0 atom stereocenters.